The molecular weight excluding hydrogens is 372 g/mol. The van der Waals surface area contributed by atoms with Crippen LogP contribution >= 0.6 is 0 Å². The van der Waals surface area contributed by atoms with E-state index in [1.54, 1.807) is 24.5 Å². The third kappa shape index (κ3) is 3.33. The molecule has 4 rings (SSSR count). The Kier molecular flexibility index (Phi) is 4.55. The van der Waals surface area contributed by atoms with Crippen molar-refractivity contribution in [1.29, 1.82) is 0 Å². The van der Waals surface area contributed by atoms with E-state index in [1.165, 1.54) is 6.26 Å². The van der Waals surface area contributed by atoms with Crippen LogP contribution in [0.2, 0.25) is 0 Å². The van der Waals surface area contributed by atoms with Crippen LogP contribution in [0.5, 0.6) is 0 Å². The van der Waals surface area contributed by atoms with Gasteiger partial charge in [0, 0.05) is 38.3 Å². The van der Waals surface area contributed by atoms with Gasteiger partial charge in [0.25, 0.3) is 0 Å². The van der Waals surface area contributed by atoms with Gasteiger partial charge in [0.05, 0.1) is 16.3 Å². The lowest BCUT2D eigenvalue weighted by Gasteiger charge is -2.40. The first-order chi connectivity index (χ1) is 13.3. The van der Waals surface area contributed by atoms with E-state index in [0.29, 0.717) is 16.9 Å². The first-order valence-electron chi connectivity index (χ1n) is 9.06. The molecule has 0 amide bonds. The number of nitrogens with zero attached hydrogens (tertiary/aromatic N) is 4. The molecule has 0 N–H and O–H groups in total. The van der Waals surface area contributed by atoms with E-state index in [-0.39, 0.29) is 0 Å². The lowest BCUT2D eigenvalue weighted by atomic mass is 10.0. The van der Waals surface area contributed by atoms with Gasteiger partial charge < -0.3 is 9.80 Å². The summed E-state index contributed by atoms with van der Waals surface area (Å²) in [4.78, 5) is 13.6. The number of likely N-dealkylation sites (N-methyl/N-ethyl adjacent to an activating group) is 1. The molecule has 0 fully saturated rings. The molecule has 28 heavy (non-hydrogen) atoms. The van der Waals surface area contributed by atoms with Crippen molar-refractivity contribution < 1.29 is 8.42 Å². The lowest BCUT2D eigenvalue weighted by Crippen LogP contribution is -2.44. The summed E-state index contributed by atoms with van der Waals surface area (Å²) in [5.41, 5.74) is 4.13. The highest BCUT2D eigenvalue weighted by Crippen LogP contribution is 2.40. The summed E-state index contributed by atoms with van der Waals surface area (Å²) in [5, 5.41) is 0. The summed E-state index contributed by atoms with van der Waals surface area (Å²) < 4.78 is 23.4. The highest BCUT2D eigenvalue weighted by atomic mass is 32.2. The first kappa shape index (κ1) is 18.4. The molecule has 3 aromatic rings. The fourth-order valence-electron chi connectivity index (χ4n) is 3.45. The van der Waals surface area contributed by atoms with Crippen LogP contribution in [0.1, 0.15) is 6.92 Å². The zero-order valence-electron chi connectivity index (χ0n) is 16.1. The topological polar surface area (TPSA) is 66.4 Å². The van der Waals surface area contributed by atoms with Crippen molar-refractivity contribution in [1.82, 2.24) is 9.97 Å². The Morgan fingerprint density at radius 1 is 0.964 bits per heavy atom. The van der Waals surface area contributed by atoms with Crippen LogP contribution < -0.4 is 9.80 Å². The van der Waals surface area contributed by atoms with E-state index in [1.807, 2.05) is 18.2 Å². The normalized spacial score (nSPS) is 16.8. The van der Waals surface area contributed by atoms with Gasteiger partial charge in [-0.15, -0.1) is 0 Å². The smallest absolute Gasteiger partial charge is 0.229 e. The molecule has 1 aromatic heterocycles. The van der Waals surface area contributed by atoms with Gasteiger partial charge in [-0.1, -0.05) is 18.2 Å². The molecule has 2 aromatic carbocycles. The van der Waals surface area contributed by atoms with Crippen LogP contribution in [0.25, 0.3) is 11.1 Å². The Balaban J connectivity index is 1.79. The quantitative estimate of drug-likeness (QED) is 0.677. The van der Waals surface area contributed by atoms with Gasteiger partial charge in [-0.2, -0.15) is 0 Å². The molecule has 7 heteroatoms. The van der Waals surface area contributed by atoms with Gasteiger partial charge in [-0.25, -0.2) is 18.4 Å². The number of sulfone groups is 1. The maximum absolute atomic E-state index is 11.7. The molecule has 0 aliphatic carbocycles. The average Bonchev–Trinajstić information content (AvgIpc) is 2.70. The van der Waals surface area contributed by atoms with E-state index >= 15 is 0 Å². The number of hydrogen-bond donors (Lipinski definition) is 0. The predicted octanol–water partition coefficient (Wildman–Crippen LogP) is 3.52. The Morgan fingerprint density at radius 2 is 1.61 bits per heavy atom. The molecule has 144 valence electrons. The van der Waals surface area contributed by atoms with Crippen molar-refractivity contribution in [2.45, 2.75) is 17.9 Å². The van der Waals surface area contributed by atoms with Crippen molar-refractivity contribution in [3.05, 3.63) is 60.9 Å². The minimum absolute atomic E-state index is 0.316. The minimum Gasteiger partial charge on any atom is -0.368 e. The van der Waals surface area contributed by atoms with E-state index in [2.05, 4.69) is 51.9 Å². The lowest BCUT2D eigenvalue weighted by molar-refractivity contribution is 0.602. The summed E-state index contributed by atoms with van der Waals surface area (Å²) in [6, 6.07) is 15.4. The van der Waals surface area contributed by atoms with E-state index in [9.17, 15) is 8.42 Å². The zero-order chi connectivity index (χ0) is 19.9. The summed E-state index contributed by atoms with van der Waals surface area (Å²) in [6.07, 6.45) is 4.72. The summed E-state index contributed by atoms with van der Waals surface area (Å²) in [5.74, 6) is 0.674. The Morgan fingerprint density at radius 3 is 2.25 bits per heavy atom. The van der Waals surface area contributed by atoms with Crippen LogP contribution in [0, 0.1) is 0 Å². The number of hydrogen-bond acceptors (Lipinski definition) is 6. The molecule has 1 unspecified atom stereocenters. The van der Waals surface area contributed by atoms with Crippen LogP contribution in [-0.4, -0.2) is 44.3 Å². The van der Waals surface area contributed by atoms with Crippen LogP contribution in [-0.2, 0) is 9.84 Å². The maximum Gasteiger partial charge on any atom is 0.229 e. The van der Waals surface area contributed by atoms with Crippen molar-refractivity contribution in [2.24, 2.45) is 0 Å². The molecule has 0 spiro atoms. The summed E-state index contributed by atoms with van der Waals surface area (Å²) in [6.45, 7) is 2.96. The second kappa shape index (κ2) is 6.91. The van der Waals surface area contributed by atoms with Gasteiger partial charge >= 0.3 is 0 Å². The Bertz CT molecular complexity index is 1100. The number of aromatic nitrogens is 2. The third-order valence-electron chi connectivity index (χ3n) is 5.16. The fraction of sp³-hybridized carbons (Fsp3) is 0.238. The van der Waals surface area contributed by atoms with Crippen LogP contribution in [0.15, 0.2) is 65.8 Å². The van der Waals surface area contributed by atoms with Crippen LogP contribution in [0.4, 0.5) is 17.3 Å². The van der Waals surface area contributed by atoms with E-state index in [4.69, 9.17) is 0 Å². The molecule has 0 saturated heterocycles. The number of anilines is 3. The van der Waals surface area contributed by atoms with Crippen molar-refractivity contribution in [3.63, 3.8) is 0 Å². The highest BCUT2D eigenvalue weighted by molar-refractivity contribution is 7.90. The number of fused-ring (bicyclic) bond motifs is 1. The van der Waals surface area contributed by atoms with E-state index in [0.717, 1.165) is 29.0 Å². The molecule has 2 heterocycles. The second-order valence-corrected chi connectivity index (χ2v) is 9.14. The molecule has 1 aliphatic heterocycles. The summed E-state index contributed by atoms with van der Waals surface area (Å²) >= 11 is 0. The SMILES string of the molecule is CC1CN(c2ncccn2)c2cc(-c3ccc(S(C)(=O)=O)cc3)ccc2N1C. The van der Waals surface area contributed by atoms with Crippen molar-refractivity contribution >= 4 is 27.2 Å². The minimum atomic E-state index is -3.21. The standard InChI is InChI=1S/C21H22N4O2S/c1-15-14-25(21-22-11-4-12-23-21)20-13-17(7-10-19(20)24(15)2)16-5-8-18(9-6-16)28(3,26)27/h4-13,15H,14H2,1-3H3. The van der Waals surface area contributed by atoms with Crippen molar-refractivity contribution in [3.8, 4) is 11.1 Å². The second-order valence-electron chi connectivity index (χ2n) is 7.12. The molecule has 6 nitrogen and oxygen atoms in total. The maximum atomic E-state index is 11.7. The molecule has 0 saturated carbocycles. The Labute approximate surface area is 165 Å². The van der Waals surface area contributed by atoms with Gasteiger partial charge in [0.1, 0.15) is 0 Å². The highest BCUT2D eigenvalue weighted by Gasteiger charge is 2.28. The molecular formula is C21H22N4O2S. The molecule has 1 atom stereocenters. The zero-order valence-corrected chi connectivity index (χ0v) is 16.9. The Hall–Kier alpha value is -2.93. The molecule has 1 aliphatic rings. The third-order valence-corrected chi connectivity index (χ3v) is 6.29. The summed E-state index contributed by atoms with van der Waals surface area (Å²) in [7, 11) is -1.12. The monoisotopic (exact) mass is 394 g/mol. The van der Waals surface area contributed by atoms with Gasteiger partial charge in [0.15, 0.2) is 9.84 Å². The first-order valence-corrected chi connectivity index (χ1v) is 11.0. The largest absolute Gasteiger partial charge is 0.368 e. The average molecular weight is 395 g/mol. The van der Waals surface area contributed by atoms with E-state index < -0.39 is 9.84 Å². The molecule has 0 bridgehead atoms. The van der Waals surface area contributed by atoms with Gasteiger partial charge in [0.2, 0.25) is 5.95 Å². The number of benzene rings is 2. The van der Waals surface area contributed by atoms with Crippen molar-refractivity contribution in [2.75, 3.05) is 29.6 Å². The van der Waals surface area contributed by atoms with Crippen LogP contribution in [0.3, 0.4) is 0 Å². The fourth-order valence-corrected chi connectivity index (χ4v) is 4.08. The predicted molar refractivity (Wildman–Crippen MR) is 112 cm³/mol. The number of rotatable bonds is 3. The van der Waals surface area contributed by atoms with Gasteiger partial charge in [-0.05, 0) is 48.4 Å². The van der Waals surface area contributed by atoms with Gasteiger partial charge in [-0.3, -0.25) is 0 Å². The molecule has 0 radical (unpaired) electrons.